The quantitative estimate of drug-likeness (QED) is 0.775. The van der Waals surface area contributed by atoms with Crippen LogP contribution in [0.2, 0.25) is 0 Å². The Balaban J connectivity index is 1.66. The molecule has 2 aromatic rings. The van der Waals surface area contributed by atoms with Crippen LogP contribution in [0.25, 0.3) is 5.69 Å². The smallest absolute Gasteiger partial charge is 0.275 e. The van der Waals surface area contributed by atoms with Gasteiger partial charge in [0, 0.05) is 30.9 Å². The second-order valence-corrected chi connectivity index (χ2v) is 7.35. The average molecular weight is 386 g/mol. The van der Waals surface area contributed by atoms with Crippen molar-refractivity contribution in [2.24, 2.45) is 0 Å². The standard InChI is InChI=1S/C21H27FN4O2/c1-15-8-5-6-12-25(15)13-7-11-23-21(28)20-19(27)14-16(2)26(24-20)18-10-4-3-9-17(18)22/h3-4,9-10,14-15H,5-8,11-13H2,1-2H3,(H,23,28)/t15-/m0/s1. The van der Waals surface area contributed by atoms with E-state index < -0.39 is 17.2 Å². The maximum absolute atomic E-state index is 14.1. The number of aryl methyl sites for hydroxylation is 1. The molecular weight excluding hydrogens is 359 g/mol. The zero-order valence-electron chi connectivity index (χ0n) is 16.4. The van der Waals surface area contributed by atoms with Crippen LogP contribution in [-0.2, 0) is 0 Å². The molecule has 1 aromatic heterocycles. The number of carbonyl (C=O) groups excluding carboxylic acids is 1. The van der Waals surface area contributed by atoms with Crippen LogP contribution < -0.4 is 10.7 Å². The third-order valence-electron chi connectivity index (χ3n) is 5.25. The lowest BCUT2D eigenvalue weighted by molar-refractivity contribution is 0.0941. The number of aromatic nitrogens is 2. The molecule has 0 bridgehead atoms. The monoisotopic (exact) mass is 386 g/mol. The fourth-order valence-corrected chi connectivity index (χ4v) is 3.63. The van der Waals surface area contributed by atoms with E-state index >= 15 is 0 Å². The van der Waals surface area contributed by atoms with Crippen molar-refractivity contribution in [1.82, 2.24) is 20.0 Å². The number of nitrogens with one attached hydrogen (secondary N) is 1. The summed E-state index contributed by atoms with van der Waals surface area (Å²) in [6, 6.07) is 8.02. The molecule has 0 radical (unpaired) electrons. The first-order chi connectivity index (χ1) is 13.5. The molecular formula is C21H27FN4O2. The van der Waals surface area contributed by atoms with E-state index in [1.807, 2.05) is 0 Å². The number of piperidine rings is 1. The second-order valence-electron chi connectivity index (χ2n) is 7.35. The highest BCUT2D eigenvalue weighted by atomic mass is 19.1. The van der Waals surface area contributed by atoms with Crippen molar-refractivity contribution in [3.8, 4) is 5.69 Å². The van der Waals surface area contributed by atoms with Gasteiger partial charge in [0.1, 0.15) is 11.5 Å². The molecule has 7 heteroatoms. The van der Waals surface area contributed by atoms with E-state index in [9.17, 15) is 14.0 Å². The molecule has 1 atom stereocenters. The number of para-hydroxylation sites is 1. The van der Waals surface area contributed by atoms with Crippen LogP contribution in [0.4, 0.5) is 4.39 Å². The topological polar surface area (TPSA) is 67.2 Å². The minimum absolute atomic E-state index is 0.202. The van der Waals surface area contributed by atoms with Crippen LogP contribution in [0.1, 0.15) is 48.8 Å². The molecule has 0 unspecified atom stereocenters. The van der Waals surface area contributed by atoms with Crippen molar-refractivity contribution < 1.29 is 9.18 Å². The van der Waals surface area contributed by atoms with Gasteiger partial charge in [0.15, 0.2) is 5.69 Å². The Morgan fingerprint density at radius 3 is 2.86 bits per heavy atom. The van der Waals surface area contributed by atoms with Crippen LogP contribution in [0.5, 0.6) is 0 Å². The lowest BCUT2D eigenvalue weighted by atomic mass is 10.0. The van der Waals surface area contributed by atoms with Crippen LogP contribution in [0.15, 0.2) is 35.1 Å². The van der Waals surface area contributed by atoms with Crippen molar-refractivity contribution in [3.05, 3.63) is 57.8 Å². The Morgan fingerprint density at radius 2 is 2.11 bits per heavy atom. The molecule has 1 fully saturated rings. The highest BCUT2D eigenvalue weighted by Gasteiger charge is 2.19. The lowest BCUT2D eigenvalue weighted by Gasteiger charge is -2.33. The summed E-state index contributed by atoms with van der Waals surface area (Å²) in [5.74, 6) is -0.995. The van der Waals surface area contributed by atoms with Gasteiger partial charge < -0.3 is 10.2 Å². The molecule has 3 rings (SSSR count). The number of hydrogen-bond donors (Lipinski definition) is 1. The first-order valence-electron chi connectivity index (χ1n) is 9.85. The van der Waals surface area contributed by atoms with E-state index in [0.717, 1.165) is 19.5 Å². The predicted molar refractivity (Wildman–Crippen MR) is 106 cm³/mol. The fourth-order valence-electron chi connectivity index (χ4n) is 3.63. The summed E-state index contributed by atoms with van der Waals surface area (Å²) in [7, 11) is 0. The van der Waals surface area contributed by atoms with Gasteiger partial charge in [0.2, 0.25) is 5.43 Å². The SMILES string of the molecule is Cc1cc(=O)c(C(=O)NCCCN2CCCC[C@@H]2C)nn1-c1ccccc1F. The summed E-state index contributed by atoms with van der Waals surface area (Å²) < 4.78 is 15.4. The summed E-state index contributed by atoms with van der Waals surface area (Å²) >= 11 is 0. The Kier molecular flexibility index (Phi) is 6.57. The Bertz CT molecular complexity index is 896. The molecule has 28 heavy (non-hydrogen) atoms. The van der Waals surface area contributed by atoms with Gasteiger partial charge in [0.05, 0.1) is 0 Å². The number of nitrogens with zero attached hydrogens (tertiary/aromatic N) is 3. The van der Waals surface area contributed by atoms with Crippen molar-refractivity contribution in [1.29, 1.82) is 0 Å². The number of hydrogen-bond acceptors (Lipinski definition) is 4. The van der Waals surface area contributed by atoms with E-state index in [2.05, 4.69) is 22.2 Å². The number of carbonyl (C=O) groups is 1. The molecule has 0 saturated carbocycles. The van der Waals surface area contributed by atoms with E-state index in [4.69, 9.17) is 0 Å². The lowest BCUT2D eigenvalue weighted by Crippen LogP contribution is -2.39. The van der Waals surface area contributed by atoms with E-state index in [-0.39, 0.29) is 11.4 Å². The molecule has 1 N–H and O–H groups in total. The van der Waals surface area contributed by atoms with Crippen molar-refractivity contribution in [3.63, 3.8) is 0 Å². The average Bonchev–Trinajstić information content (AvgIpc) is 2.67. The Morgan fingerprint density at radius 1 is 1.32 bits per heavy atom. The Hall–Kier alpha value is -2.54. The summed E-state index contributed by atoms with van der Waals surface area (Å²) in [5.41, 5.74) is -0.0219. The van der Waals surface area contributed by atoms with Crippen LogP contribution in [0, 0.1) is 12.7 Å². The zero-order chi connectivity index (χ0) is 20.1. The molecule has 0 spiro atoms. The van der Waals surface area contributed by atoms with E-state index in [1.165, 1.54) is 36.1 Å². The minimum atomic E-state index is -0.526. The number of halogens is 1. The maximum atomic E-state index is 14.1. The van der Waals surface area contributed by atoms with Gasteiger partial charge in [-0.05, 0) is 51.8 Å². The number of amides is 1. The van der Waals surface area contributed by atoms with Crippen molar-refractivity contribution >= 4 is 5.91 Å². The third kappa shape index (κ3) is 4.65. The molecule has 1 saturated heterocycles. The van der Waals surface area contributed by atoms with Crippen LogP contribution in [0.3, 0.4) is 0 Å². The highest BCUT2D eigenvalue weighted by Crippen LogP contribution is 2.16. The van der Waals surface area contributed by atoms with Gasteiger partial charge in [-0.3, -0.25) is 9.59 Å². The summed E-state index contributed by atoms with van der Waals surface area (Å²) in [6.07, 6.45) is 4.53. The fraction of sp³-hybridized carbons (Fsp3) is 0.476. The summed E-state index contributed by atoms with van der Waals surface area (Å²) in [5, 5.41) is 6.90. The zero-order valence-corrected chi connectivity index (χ0v) is 16.4. The molecule has 0 aliphatic carbocycles. The normalized spacial score (nSPS) is 17.5. The first-order valence-corrected chi connectivity index (χ1v) is 9.85. The molecule has 6 nitrogen and oxygen atoms in total. The third-order valence-corrected chi connectivity index (χ3v) is 5.25. The molecule has 1 aliphatic heterocycles. The van der Waals surface area contributed by atoms with Crippen molar-refractivity contribution in [2.45, 2.75) is 45.6 Å². The van der Waals surface area contributed by atoms with Gasteiger partial charge in [-0.2, -0.15) is 5.10 Å². The second kappa shape index (κ2) is 9.10. The van der Waals surface area contributed by atoms with Crippen LogP contribution >= 0.6 is 0 Å². The Labute approximate surface area is 164 Å². The molecule has 2 heterocycles. The van der Waals surface area contributed by atoms with Gasteiger partial charge in [-0.1, -0.05) is 18.6 Å². The number of benzene rings is 1. The minimum Gasteiger partial charge on any atom is -0.350 e. The summed E-state index contributed by atoms with van der Waals surface area (Å²) in [6.45, 7) is 6.38. The van der Waals surface area contributed by atoms with Crippen molar-refractivity contribution in [2.75, 3.05) is 19.6 Å². The van der Waals surface area contributed by atoms with E-state index in [1.54, 1.807) is 25.1 Å². The predicted octanol–water partition coefficient (Wildman–Crippen LogP) is 2.67. The molecule has 150 valence electrons. The number of likely N-dealkylation sites (tertiary alicyclic amines) is 1. The maximum Gasteiger partial charge on any atom is 0.275 e. The van der Waals surface area contributed by atoms with Crippen LogP contribution in [-0.4, -0.2) is 46.3 Å². The largest absolute Gasteiger partial charge is 0.350 e. The molecule has 1 amide bonds. The molecule has 1 aromatic carbocycles. The first kappa shape index (κ1) is 20.2. The van der Waals surface area contributed by atoms with E-state index in [0.29, 0.717) is 18.3 Å². The molecule has 1 aliphatic rings. The number of rotatable bonds is 6. The highest BCUT2D eigenvalue weighted by molar-refractivity contribution is 5.92. The van der Waals surface area contributed by atoms with Gasteiger partial charge in [0.25, 0.3) is 5.91 Å². The van der Waals surface area contributed by atoms with Gasteiger partial charge in [-0.15, -0.1) is 0 Å². The van der Waals surface area contributed by atoms with Gasteiger partial charge in [-0.25, -0.2) is 9.07 Å². The summed E-state index contributed by atoms with van der Waals surface area (Å²) in [4.78, 5) is 27.1. The van der Waals surface area contributed by atoms with Gasteiger partial charge >= 0.3 is 0 Å².